The van der Waals surface area contributed by atoms with E-state index in [9.17, 15) is 14.0 Å². The van der Waals surface area contributed by atoms with Gasteiger partial charge in [-0.3, -0.25) is 9.59 Å². The third kappa shape index (κ3) is 5.19. The molecule has 0 saturated carbocycles. The number of carbonyl (C=O) groups excluding carboxylic acids is 2. The molecule has 32 heavy (non-hydrogen) atoms. The van der Waals surface area contributed by atoms with E-state index in [1.807, 2.05) is 27.7 Å². The summed E-state index contributed by atoms with van der Waals surface area (Å²) in [7, 11) is 0. The lowest BCUT2D eigenvalue weighted by Gasteiger charge is -2.18. The van der Waals surface area contributed by atoms with E-state index in [0.717, 1.165) is 25.2 Å². The van der Waals surface area contributed by atoms with E-state index in [0.29, 0.717) is 40.3 Å². The van der Waals surface area contributed by atoms with Gasteiger partial charge in [-0.25, -0.2) is 4.39 Å². The zero-order chi connectivity index (χ0) is 24.0. The molecule has 1 aromatic heterocycles. The average Bonchev–Trinajstić information content (AvgIpc) is 3.23. The van der Waals surface area contributed by atoms with Gasteiger partial charge in [0.25, 0.3) is 11.8 Å². The zero-order valence-electron chi connectivity index (χ0n) is 19.8. The lowest BCUT2D eigenvalue weighted by Crippen LogP contribution is -2.35. The predicted molar refractivity (Wildman–Crippen MR) is 129 cm³/mol. The molecule has 2 aromatic rings. The van der Waals surface area contributed by atoms with Crippen LogP contribution in [-0.4, -0.2) is 47.9 Å². The van der Waals surface area contributed by atoms with E-state index >= 15 is 0 Å². The topological polar surface area (TPSA) is 103 Å². The first-order valence-corrected chi connectivity index (χ1v) is 11.1. The zero-order valence-corrected chi connectivity index (χ0v) is 19.8. The number of fused-ring (bicyclic) bond motifs is 1. The minimum absolute atomic E-state index is 0.162. The maximum absolute atomic E-state index is 13.8. The molecule has 0 aliphatic carbocycles. The number of carbonyl (C=O) groups is 2. The molecule has 1 aliphatic rings. The number of nitrogens with two attached hydrogens (primary N) is 1. The number of aromatic amines is 1. The van der Waals surface area contributed by atoms with Gasteiger partial charge < -0.3 is 26.3 Å². The Morgan fingerprint density at radius 2 is 1.88 bits per heavy atom. The van der Waals surface area contributed by atoms with Gasteiger partial charge >= 0.3 is 0 Å². The summed E-state index contributed by atoms with van der Waals surface area (Å²) < 4.78 is 13.8. The summed E-state index contributed by atoms with van der Waals surface area (Å²) in [6.07, 6.45) is 1.63. The number of benzene rings is 1. The second-order valence-electron chi connectivity index (χ2n) is 7.38. The van der Waals surface area contributed by atoms with Crippen LogP contribution in [0.5, 0.6) is 0 Å². The molecule has 0 unspecified atom stereocenters. The fourth-order valence-electron chi connectivity index (χ4n) is 3.79. The fraction of sp³-hybridized carbons (Fsp3) is 0.417. The molecular formula is C24H34FN5O2. The van der Waals surface area contributed by atoms with Crippen molar-refractivity contribution >= 4 is 34.8 Å². The van der Waals surface area contributed by atoms with Crippen molar-refractivity contribution in [1.29, 1.82) is 0 Å². The van der Waals surface area contributed by atoms with Gasteiger partial charge in [0, 0.05) is 30.0 Å². The summed E-state index contributed by atoms with van der Waals surface area (Å²) in [6, 6.07) is 2.45. The number of aryl methyl sites for hydroxylation is 1. The van der Waals surface area contributed by atoms with Crippen LogP contribution in [0.15, 0.2) is 12.1 Å². The van der Waals surface area contributed by atoms with E-state index in [1.54, 1.807) is 6.08 Å². The molecular weight excluding hydrogens is 409 g/mol. The number of halogens is 1. The van der Waals surface area contributed by atoms with Crippen LogP contribution in [0.3, 0.4) is 0 Å². The number of nitrogens with one attached hydrogen (secondary N) is 3. The highest BCUT2D eigenvalue weighted by atomic mass is 19.1. The van der Waals surface area contributed by atoms with Crippen LogP contribution in [0.1, 0.15) is 60.6 Å². The van der Waals surface area contributed by atoms with Crippen molar-refractivity contribution in [2.75, 3.05) is 37.2 Å². The Hall–Kier alpha value is -3.13. The van der Waals surface area contributed by atoms with Crippen molar-refractivity contribution < 1.29 is 14.0 Å². The number of amides is 2. The van der Waals surface area contributed by atoms with Crippen molar-refractivity contribution in [2.45, 2.75) is 41.5 Å². The Morgan fingerprint density at radius 3 is 2.50 bits per heavy atom. The number of hydrogen-bond donors (Lipinski definition) is 4. The number of hydrogen-bond acceptors (Lipinski definition) is 4. The Labute approximate surface area is 189 Å². The first kappa shape index (κ1) is 25.1. The number of aromatic nitrogens is 1. The largest absolute Gasteiger partial charge is 0.397 e. The normalized spacial score (nSPS) is 13.6. The molecule has 1 aliphatic heterocycles. The molecule has 2 amide bonds. The Morgan fingerprint density at radius 1 is 1.22 bits per heavy atom. The smallest absolute Gasteiger partial charge is 0.256 e. The van der Waals surface area contributed by atoms with Gasteiger partial charge in [0.15, 0.2) is 0 Å². The number of nitrogens with zero attached hydrogens (tertiary/aromatic N) is 1. The first-order chi connectivity index (χ1) is 15.3. The highest BCUT2D eigenvalue weighted by Crippen LogP contribution is 2.38. The Kier molecular flexibility index (Phi) is 8.60. The minimum Gasteiger partial charge on any atom is -0.397 e. The molecule has 3 rings (SSSR count). The molecule has 0 bridgehead atoms. The molecule has 0 fully saturated rings. The van der Waals surface area contributed by atoms with Crippen LogP contribution in [0.2, 0.25) is 0 Å². The van der Waals surface area contributed by atoms with Crippen molar-refractivity contribution in [2.24, 2.45) is 0 Å². The predicted octanol–water partition coefficient (Wildman–Crippen LogP) is 3.94. The summed E-state index contributed by atoms with van der Waals surface area (Å²) in [5, 5.41) is 5.64. The van der Waals surface area contributed by atoms with Gasteiger partial charge in [0.2, 0.25) is 0 Å². The van der Waals surface area contributed by atoms with Crippen LogP contribution >= 0.6 is 0 Å². The molecule has 0 saturated heterocycles. The molecule has 8 heteroatoms. The van der Waals surface area contributed by atoms with Crippen LogP contribution in [0.4, 0.5) is 15.8 Å². The van der Waals surface area contributed by atoms with Gasteiger partial charge in [0.05, 0.1) is 22.5 Å². The molecule has 2 heterocycles. The molecule has 174 valence electrons. The monoisotopic (exact) mass is 443 g/mol. The highest BCUT2D eigenvalue weighted by Gasteiger charge is 2.28. The van der Waals surface area contributed by atoms with Gasteiger partial charge in [0.1, 0.15) is 5.82 Å². The molecule has 0 radical (unpaired) electrons. The van der Waals surface area contributed by atoms with Crippen molar-refractivity contribution in [3.8, 4) is 0 Å². The maximum atomic E-state index is 13.8. The van der Waals surface area contributed by atoms with Crippen LogP contribution in [-0.2, 0) is 4.79 Å². The van der Waals surface area contributed by atoms with Gasteiger partial charge in [-0.05, 0) is 50.7 Å². The Bertz CT molecular complexity index is 1020. The average molecular weight is 444 g/mol. The van der Waals surface area contributed by atoms with Crippen LogP contribution < -0.4 is 16.4 Å². The first-order valence-electron chi connectivity index (χ1n) is 11.1. The SMILES string of the molecule is CC.CCN(CC)CCNC(=O)c1c(C)[nH]c(/C=C2\C(=O)Nc3c(N)cc(F)cc32)c1C. The lowest BCUT2D eigenvalue weighted by molar-refractivity contribution is -0.110. The lowest BCUT2D eigenvalue weighted by atomic mass is 10.0. The summed E-state index contributed by atoms with van der Waals surface area (Å²) >= 11 is 0. The second-order valence-corrected chi connectivity index (χ2v) is 7.38. The van der Waals surface area contributed by atoms with Crippen LogP contribution in [0, 0.1) is 19.7 Å². The Balaban J connectivity index is 0.00000176. The van der Waals surface area contributed by atoms with E-state index in [2.05, 4.69) is 34.4 Å². The van der Waals surface area contributed by atoms with E-state index in [1.165, 1.54) is 12.1 Å². The molecule has 5 N–H and O–H groups in total. The summed E-state index contributed by atoms with van der Waals surface area (Å²) in [5.41, 5.74) is 9.74. The number of likely N-dealkylation sites (N-methyl/N-ethyl adjacent to an activating group) is 1. The number of anilines is 2. The van der Waals surface area contributed by atoms with Crippen LogP contribution in [0.25, 0.3) is 11.6 Å². The highest BCUT2D eigenvalue weighted by molar-refractivity contribution is 6.35. The molecule has 0 spiro atoms. The van der Waals surface area contributed by atoms with Gasteiger partial charge in [-0.15, -0.1) is 0 Å². The third-order valence-electron chi connectivity index (χ3n) is 5.51. The molecule has 1 aromatic carbocycles. The number of nitrogen functional groups attached to an aromatic ring is 1. The fourth-order valence-corrected chi connectivity index (χ4v) is 3.79. The number of rotatable bonds is 7. The van der Waals surface area contributed by atoms with Crippen molar-refractivity contribution in [3.63, 3.8) is 0 Å². The summed E-state index contributed by atoms with van der Waals surface area (Å²) in [6.45, 7) is 15.0. The van der Waals surface area contributed by atoms with Crippen molar-refractivity contribution in [1.82, 2.24) is 15.2 Å². The maximum Gasteiger partial charge on any atom is 0.256 e. The number of H-pyrrole nitrogens is 1. The van der Waals surface area contributed by atoms with E-state index in [-0.39, 0.29) is 17.5 Å². The van der Waals surface area contributed by atoms with Crippen molar-refractivity contribution in [3.05, 3.63) is 46.0 Å². The van der Waals surface area contributed by atoms with E-state index in [4.69, 9.17) is 5.73 Å². The standard InChI is InChI=1S/C22H28FN5O2.C2H6/c1-5-28(6-2)8-7-25-22(30)19-12(3)18(26-13(19)4)11-16-15-9-14(23)10-17(24)20(15)27-21(16)29;1-2/h9-11,26H,5-8,24H2,1-4H3,(H,25,30)(H,27,29);1-2H3/b16-11-;. The molecule has 7 nitrogen and oxygen atoms in total. The molecule has 0 atom stereocenters. The second kappa shape index (κ2) is 10.9. The quantitative estimate of drug-likeness (QED) is 0.384. The summed E-state index contributed by atoms with van der Waals surface area (Å²) in [4.78, 5) is 30.6. The third-order valence-corrected chi connectivity index (χ3v) is 5.51. The summed E-state index contributed by atoms with van der Waals surface area (Å²) in [5.74, 6) is -1.04. The van der Waals surface area contributed by atoms with Gasteiger partial charge in [-0.2, -0.15) is 0 Å². The van der Waals surface area contributed by atoms with Gasteiger partial charge in [-0.1, -0.05) is 27.7 Å². The minimum atomic E-state index is -0.513. The van der Waals surface area contributed by atoms with E-state index < -0.39 is 5.82 Å².